The SMILES string of the molecule is CCCCOC(=O)CCCC=CCC1C(=O)C[C@@H](O)C1C=C[C@@H](O)CCc1ccccc1. The normalized spacial score (nSPS) is 22.1. The zero-order valence-electron chi connectivity index (χ0n) is 19.2. The summed E-state index contributed by atoms with van der Waals surface area (Å²) in [7, 11) is 0. The number of unbranched alkanes of at least 4 members (excludes halogenated alkanes) is 2. The quantitative estimate of drug-likeness (QED) is 0.251. The average Bonchev–Trinajstić information content (AvgIpc) is 3.06. The maximum absolute atomic E-state index is 12.3. The third-order valence-corrected chi connectivity index (χ3v) is 5.93. The maximum Gasteiger partial charge on any atom is 0.305 e. The summed E-state index contributed by atoms with van der Waals surface area (Å²) in [6, 6.07) is 10.0. The van der Waals surface area contributed by atoms with Crippen LogP contribution in [0.1, 0.15) is 63.9 Å². The number of aliphatic hydroxyl groups excluding tert-OH is 2. The Morgan fingerprint density at radius 1 is 1.22 bits per heavy atom. The van der Waals surface area contributed by atoms with Crippen LogP contribution in [0.4, 0.5) is 0 Å². The molecule has 1 aliphatic carbocycles. The zero-order valence-corrected chi connectivity index (χ0v) is 19.2. The molecule has 1 aromatic carbocycles. The summed E-state index contributed by atoms with van der Waals surface area (Å²) in [4.78, 5) is 23.9. The van der Waals surface area contributed by atoms with Crippen molar-refractivity contribution in [2.24, 2.45) is 11.8 Å². The number of esters is 1. The molecule has 0 bridgehead atoms. The van der Waals surface area contributed by atoms with Crippen LogP contribution in [0.5, 0.6) is 0 Å². The standard InChI is InChI=1S/C27H38O5/c1-2-3-19-32-27(31)14-10-5-4-9-13-23-24(26(30)20-25(23)29)18-17-22(28)16-15-21-11-7-6-8-12-21/h4,6-9,11-12,17-18,22-24,26,28,30H,2-3,5,10,13-16,19-20H2,1H3/t22-,23?,24?,26+/m0/s1. The third-order valence-electron chi connectivity index (χ3n) is 5.93. The lowest BCUT2D eigenvalue weighted by atomic mass is 9.90. The summed E-state index contributed by atoms with van der Waals surface area (Å²) in [5.74, 6) is -0.628. The summed E-state index contributed by atoms with van der Waals surface area (Å²) in [6.07, 6.45) is 12.1. The van der Waals surface area contributed by atoms with Crippen LogP contribution < -0.4 is 0 Å². The molecule has 0 radical (unpaired) electrons. The molecule has 5 nitrogen and oxygen atoms in total. The van der Waals surface area contributed by atoms with Crippen LogP contribution in [0, 0.1) is 11.8 Å². The summed E-state index contributed by atoms with van der Waals surface area (Å²) in [6.45, 7) is 2.55. The van der Waals surface area contributed by atoms with Gasteiger partial charge in [-0.15, -0.1) is 0 Å². The van der Waals surface area contributed by atoms with Crippen LogP contribution in [0.2, 0.25) is 0 Å². The van der Waals surface area contributed by atoms with Gasteiger partial charge in [0.05, 0.1) is 18.8 Å². The van der Waals surface area contributed by atoms with Gasteiger partial charge < -0.3 is 14.9 Å². The highest BCUT2D eigenvalue weighted by molar-refractivity contribution is 5.84. The molecule has 176 valence electrons. The Labute approximate surface area is 192 Å². The molecule has 0 heterocycles. The topological polar surface area (TPSA) is 83.8 Å². The van der Waals surface area contributed by atoms with Gasteiger partial charge in [-0.3, -0.25) is 9.59 Å². The minimum absolute atomic E-state index is 0.0649. The van der Waals surface area contributed by atoms with Crippen LogP contribution >= 0.6 is 0 Å². The van der Waals surface area contributed by atoms with Gasteiger partial charge in [-0.1, -0.05) is 68.0 Å². The first-order chi connectivity index (χ1) is 15.5. The van der Waals surface area contributed by atoms with Gasteiger partial charge in [-0.25, -0.2) is 0 Å². The molecule has 32 heavy (non-hydrogen) atoms. The third kappa shape index (κ3) is 9.49. The van der Waals surface area contributed by atoms with Crippen LogP contribution in [-0.2, 0) is 20.7 Å². The molecule has 1 aromatic rings. The molecule has 2 N–H and O–H groups in total. The van der Waals surface area contributed by atoms with Crippen molar-refractivity contribution < 1.29 is 24.5 Å². The van der Waals surface area contributed by atoms with Crippen LogP contribution in [0.25, 0.3) is 0 Å². The van der Waals surface area contributed by atoms with Crippen LogP contribution in [0.3, 0.4) is 0 Å². The van der Waals surface area contributed by atoms with Crippen molar-refractivity contribution in [2.75, 3.05) is 6.61 Å². The molecule has 1 saturated carbocycles. The second-order valence-corrected chi connectivity index (χ2v) is 8.57. The summed E-state index contributed by atoms with van der Waals surface area (Å²) in [5, 5.41) is 20.6. The molecule has 5 heteroatoms. The molecule has 0 aromatic heterocycles. The second kappa shape index (κ2) is 14.8. The van der Waals surface area contributed by atoms with Gasteiger partial charge in [0.1, 0.15) is 5.78 Å². The molecule has 1 aliphatic rings. The molecule has 0 aliphatic heterocycles. The van der Waals surface area contributed by atoms with Crippen molar-refractivity contribution in [1.82, 2.24) is 0 Å². The van der Waals surface area contributed by atoms with E-state index in [4.69, 9.17) is 4.74 Å². The highest BCUT2D eigenvalue weighted by Crippen LogP contribution is 2.33. The molecular weight excluding hydrogens is 404 g/mol. The molecule has 2 unspecified atom stereocenters. The smallest absolute Gasteiger partial charge is 0.305 e. The second-order valence-electron chi connectivity index (χ2n) is 8.57. The Morgan fingerprint density at radius 3 is 2.75 bits per heavy atom. The number of ketones is 1. The van der Waals surface area contributed by atoms with Crippen molar-refractivity contribution in [3.63, 3.8) is 0 Å². The van der Waals surface area contributed by atoms with Crippen molar-refractivity contribution in [3.8, 4) is 0 Å². The van der Waals surface area contributed by atoms with E-state index in [0.717, 1.165) is 32.1 Å². The highest BCUT2D eigenvalue weighted by Gasteiger charge is 2.39. The minimum atomic E-state index is -0.698. The van der Waals surface area contributed by atoms with E-state index < -0.39 is 12.2 Å². The first kappa shape index (κ1) is 26.0. The number of allylic oxidation sites excluding steroid dienone is 2. The van der Waals surface area contributed by atoms with Crippen LogP contribution in [0.15, 0.2) is 54.6 Å². The van der Waals surface area contributed by atoms with Gasteiger partial charge in [-0.05, 0) is 44.1 Å². The summed E-state index contributed by atoms with van der Waals surface area (Å²) >= 11 is 0. The Bertz CT molecular complexity index is 740. The summed E-state index contributed by atoms with van der Waals surface area (Å²) in [5.41, 5.74) is 1.17. The first-order valence-corrected chi connectivity index (χ1v) is 11.9. The van der Waals surface area contributed by atoms with E-state index in [0.29, 0.717) is 25.9 Å². The van der Waals surface area contributed by atoms with E-state index in [1.54, 1.807) is 6.08 Å². The van der Waals surface area contributed by atoms with E-state index in [9.17, 15) is 19.8 Å². The van der Waals surface area contributed by atoms with Crippen molar-refractivity contribution in [3.05, 3.63) is 60.2 Å². The van der Waals surface area contributed by atoms with Gasteiger partial charge in [0.25, 0.3) is 0 Å². The summed E-state index contributed by atoms with van der Waals surface area (Å²) < 4.78 is 5.14. The molecule has 4 atom stereocenters. The minimum Gasteiger partial charge on any atom is -0.466 e. The number of aryl methyl sites for hydroxylation is 1. The maximum atomic E-state index is 12.3. The predicted molar refractivity (Wildman–Crippen MR) is 126 cm³/mol. The van der Waals surface area contributed by atoms with Gasteiger partial charge in [-0.2, -0.15) is 0 Å². The number of hydrogen-bond acceptors (Lipinski definition) is 5. The number of aliphatic hydroxyl groups is 2. The van der Waals surface area contributed by atoms with Gasteiger partial charge in [0, 0.05) is 24.7 Å². The number of hydrogen-bond donors (Lipinski definition) is 2. The van der Waals surface area contributed by atoms with Crippen molar-refractivity contribution in [1.29, 1.82) is 0 Å². The number of benzene rings is 1. The van der Waals surface area contributed by atoms with Gasteiger partial charge >= 0.3 is 5.97 Å². The Hall–Kier alpha value is -2.24. The molecular formula is C27H38O5. The lowest BCUT2D eigenvalue weighted by Gasteiger charge is -2.16. The van der Waals surface area contributed by atoms with Gasteiger partial charge in [0.2, 0.25) is 0 Å². The molecule has 0 spiro atoms. The Kier molecular flexibility index (Phi) is 12.0. The molecule has 2 rings (SSSR count). The van der Waals surface area contributed by atoms with E-state index in [1.807, 2.05) is 48.6 Å². The van der Waals surface area contributed by atoms with Crippen LogP contribution in [-0.4, -0.2) is 40.8 Å². The first-order valence-electron chi connectivity index (χ1n) is 11.9. The highest BCUT2D eigenvalue weighted by atomic mass is 16.5. The fourth-order valence-corrected chi connectivity index (χ4v) is 3.97. The lowest BCUT2D eigenvalue weighted by Crippen LogP contribution is -2.19. The van der Waals surface area contributed by atoms with E-state index in [2.05, 4.69) is 6.92 Å². The van der Waals surface area contributed by atoms with E-state index in [-0.39, 0.29) is 30.0 Å². The number of rotatable bonds is 14. The fraction of sp³-hybridized carbons (Fsp3) is 0.556. The fourth-order valence-electron chi connectivity index (χ4n) is 3.97. The predicted octanol–water partition coefficient (Wildman–Crippen LogP) is 4.56. The Balaban J connectivity index is 1.73. The Morgan fingerprint density at radius 2 is 2.00 bits per heavy atom. The lowest BCUT2D eigenvalue weighted by molar-refractivity contribution is -0.143. The van der Waals surface area contributed by atoms with E-state index >= 15 is 0 Å². The zero-order chi connectivity index (χ0) is 23.2. The number of carbonyl (C=O) groups excluding carboxylic acids is 2. The molecule has 1 fully saturated rings. The van der Waals surface area contributed by atoms with Gasteiger partial charge in [0.15, 0.2) is 0 Å². The number of ether oxygens (including phenoxy) is 1. The largest absolute Gasteiger partial charge is 0.466 e. The molecule has 0 amide bonds. The van der Waals surface area contributed by atoms with Crippen molar-refractivity contribution in [2.45, 2.75) is 76.9 Å². The monoisotopic (exact) mass is 442 g/mol. The number of Topliss-reactive ketones (excluding diaryl/α,β-unsaturated/α-hetero) is 1. The van der Waals surface area contributed by atoms with Crippen molar-refractivity contribution >= 4 is 11.8 Å². The van der Waals surface area contributed by atoms with E-state index in [1.165, 1.54) is 5.56 Å². The number of carbonyl (C=O) groups is 2. The molecule has 0 saturated heterocycles. The average molecular weight is 443 g/mol.